The van der Waals surface area contributed by atoms with Gasteiger partial charge >= 0.3 is 5.97 Å². The van der Waals surface area contributed by atoms with Crippen molar-refractivity contribution in [1.82, 2.24) is 10.2 Å². The van der Waals surface area contributed by atoms with Gasteiger partial charge in [-0.25, -0.2) is 4.79 Å². The summed E-state index contributed by atoms with van der Waals surface area (Å²) in [6, 6.07) is 1.25. The number of anilines is 1. The zero-order valence-corrected chi connectivity index (χ0v) is 8.37. The largest absolute Gasteiger partial charge is 0.477 e. The first-order chi connectivity index (χ1) is 6.99. The van der Waals surface area contributed by atoms with Gasteiger partial charge in [-0.2, -0.15) is 5.10 Å². The zero-order chi connectivity index (χ0) is 11.4. The highest BCUT2D eigenvalue weighted by molar-refractivity contribution is 5.99. The number of nitrogens with one attached hydrogen (secondary N) is 2. The van der Waals surface area contributed by atoms with Crippen molar-refractivity contribution in [3.63, 3.8) is 0 Å². The molecule has 1 heterocycles. The SMILES string of the molecule is CC(C)=CC(=O)Nc1cc(C(=O)O)[nH]n1. The monoisotopic (exact) mass is 209 g/mol. The topological polar surface area (TPSA) is 95.1 Å². The summed E-state index contributed by atoms with van der Waals surface area (Å²) < 4.78 is 0. The number of allylic oxidation sites excluding steroid dienone is 1. The summed E-state index contributed by atoms with van der Waals surface area (Å²) in [6.45, 7) is 3.57. The summed E-state index contributed by atoms with van der Waals surface area (Å²) in [6.07, 6.45) is 1.40. The number of hydrogen-bond acceptors (Lipinski definition) is 3. The Kier molecular flexibility index (Phi) is 3.22. The molecule has 0 bridgehead atoms. The first-order valence-electron chi connectivity index (χ1n) is 4.23. The second-order valence-electron chi connectivity index (χ2n) is 3.18. The van der Waals surface area contributed by atoms with Crippen LogP contribution in [0.3, 0.4) is 0 Å². The lowest BCUT2D eigenvalue weighted by molar-refractivity contribution is -0.112. The number of carbonyl (C=O) groups excluding carboxylic acids is 1. The third-order valence-electron chi connectivity index (χ3n) is 1.48. The number of carbonyl (C=O) groups is 2. The summed E-state index contributed by atoms with van der Waals surface area (Å²) in [5.41, 5.74) is 0.781. The van der Waals surface area contributed by atoms with Crippen LogP contribution in [-0.2, 0) is 4.79 Å². The highest BCUT2D eigenvalue weighted by Crippen LogP contribution is 2.05. The molecule has 6 nitrogen and oxygen atoms in total. The lowest BCUT2D eigenvalue weighted by Crippen LogP contribution is -2.08. The van der Waals surface area contributed by atoms with Gasteiger partial charge in [0, 0.05) is 12.1 Å². The van der Waals surface area contributed by atoms with E-state index in [2.05, 4.69) is 15.5 Å². The molecule has 1 aromatic rings. The summed E-state index contributed by atoms with van der Waals surface area (Å²) in [5.74, 6) is -1.27. The Labute approximate surface area is 86.0 Å². The number of rotatable bonds is 3. The molecule has 1 rings (SSSR count). The van der Waals surface area contributed by atoms with Crippen LogP contribution in [0.2, 0.25) is 0 Å². The van der Waals surface area contributed by atoms with Crippen LogP contribution >= 0.6 is 0 Å². The van der Waals surface area contributed by atoms with Crippen molar-refractivity contribution in [1.29, 1.82) is 0 Å². The number of nitrogens with zero attached hydrogens (tertiary/aromatic N) is 1. The fourth-order valence-electron chi connectivity index (χ4n) is 0.920. The summed E-state index contributed by atoms with van der Waals surface area (Å²) in [5, 5.41) is 16.9. The maximum Gasteiger partial charge on any atom is 0.353 e. The standard InChI is InChI=1S/C9H11N3O3/c1-5(2)3-8(13)10-7-4-6(9(14)15)11-12-7/h3-4H,1-2H3,(H,14,15)(H2,10,11,12,13). The van der Waals surface area contributed by atoms with Crippen molar-refractivity contribution in [2.75, 3.05) is 5.32 Å². The van der Waals surface area contributed by atoms with Gasteiger partial charge in [-0.3, -0.25) is 9.89 Å². The molecule has 15 heavy (non-hydrogen) atoms. The Hall–Kier alpha value is -2.11. The smallest absolute Gasteiger partial charge is 0.353 e. The number of aromatic carboxylic acids is 1. The second kappa shape index (κ2) is 4.41. The minimum Gasteiger partial charge on any atom is -0.477 e. The average molecular weight is 209 g/mol. The van der Waals surface area contributed by atoms with Gasteiger partial charge in [0.05, 0.1) is 0 Å². The van der Waals surface area contributed by atoms with E-state index in [1.54, 1.807) is 13.8 Å². The van der Waals surface area contributed by atoms with Gasteiger partial charge < -0.3 is 10.4 Å². The van der Waals surface area contributed by atoms with Gasteiger partial charge in [-0.15, -0.1) is 0 Å². The van der Waals surface area contributed by atoms with Crippen molar-refractivity contribution in [2.45, 2.75) is 13.8 Å². The molecule has 0 atom stereocenters. The number of hydrogen-bond donors (Lipinski definition) is 3. The third-order valence-corrected chi connectivity index (χ3v) is 1.48. The Bertz CT molecular complexity index is 416. The van der Waals surface area contributed by atoms with E-state index in [0.717, 1.165) is 5.57 Å². The molecule has 1 aromatic heterocycles. The molecule has 0 radical (unpaired) electrons. The third kappa shape index (κ3) is 3.26. The molecular weight excluding hydrogens is 198 g/mol. The Balaban J connectivity index is 2.69. The molecule has 6 heteroatoms. The first-order valence-corrected chi connectivity index (χ1v) is 4.23. The van der Waals surface area contributed by atoms with E-state index >= 15 is 0 Å². The summed E-state index contributed by atoms with van der Waals surface area (Å²) >= 11 is 0. The van der Waals surface area contributed by atoms with Crippen molar-refractivity contribution < 1.29 is 14.7 Å². The molecule has 0 spiro atoms. The average Bonchev–Trinajstić information content (AvgIpc) is 2.50. The molecule has 3 N–H and O–H groups in total. The number of aromatic amines is 1. The van der Waals surface area contributed by atoms with E-state index in [-0.39, 0.29) is 17.4 Å². The van der Waals surface area contributed by atoms with E-state index in [4.69, 9.17) is 5.11 Å². The molecule has 80 valence electrons. The van der Waals surface area contributed by atoms with Crippen LogP contribution in [0.15, 0.2) is 17.7 Å². The van der Waals surface area contributed by atoms with Crippen molar-refractivity contribution in [3.8, 4) is 0 Å². The van der Waals surface area contributed by atoms with E-state index in [1.807, 2.05) is 0 Å². The molecule has 0 fully saturated rings. The predicted molar refractivity (Wildman–Crippen MR) is 53.6 cm³/mol. The van der Waals surface area contributed by atoms with Crippen LogP contribution in [-0.4, -0.2) is 27.2 Å². The highest BCUT2D eigenvalue weighted by atomic mass is 16.4. The molecule has 0 saturated carbocycles. The van der Waals surface area contributed by atoms with Crippen molar-refractivity contribution in [3.05, 3.63) is 23.4 Å². The van der Waals surface area contributed by atoms with E-state index in [9.17, 15) is 9.59 Å². The minimum absolute atomic E-state index is 0.0671. The van der Waals surface area contributed by atoms with Crippen LogP contribution in [0.1, 0.15) is 24.3 Å². The normalized spacial score (nSPS) is 9.47. The number of carboxylic acids is 1. The van der Waals surface area contributed by atoms with Crippen LogP contribution in [0, 0.1) is 0 Å². The highest BCUT2D eigenvalue weighted by Gasteiger charge is 2.08. The molecule has 0 aliphatic rings. The molecule has 0 unspecified atom stereocenters. The molecule has 1 amide bonds. The Morgan fingerprint density at radius 3 is 2.67 bits per heavy atom. The number of carboxylic acid groups (broad SMARTS) is 1. The van der Waals surface area contributed by atoms with Gasteiger partial charge in [-0.05, 0) is 13.8 Å². The van der Waals surface area contributed by atoms with Gasteiger partial charge in [0.2, 0.25) is 5.91 Å². The van der Waals surface area contributed by atoms with E-state index < -0.39 is 5.97 Å². The fourth-order valence-corrected chi connectivity index (χ4v) is 0.920. The van der Waals surface area contributed by atoms with E-state index in [1.165, 1.54) is 12.1 Å². The van der Waals surface area contributed by atoms with Crippen LogP contribution < -0.4 is 5.32 Å². The second-order valence-corrected chi connectivity index (χ2v) is 3.18. The maximum absolute atomic E-state index is 11.2. The van der Waals surface area contributed by atoms with Gasteiger partial charge in [0.1, 0.15) is 5.69 Å². The zero-order valence-electron chi connectivity index (χ0n) is 8.37. The van der Waals surface area contributed by atoms with Crippen LogP contribution in [0.25, 0.3) is 0 Å². The number of aromatic nitrogens is 2. The van der Waals surface area contributed by atoms with Crippen LogP contribution in [0.4, 0.5) is 5.82 Å². The minimum atomic E-state index is -1.12. The van der Waals surface area contributed by atoms with Crippen molar-refractivity contribution >= 4 is 17.7 Å². The van der Waals surface area contributed by atoms with Crippen molar-refractivity contribution in [2.24, 2.45) is 0 Å². The maximum atomic E-state index is 11.2. The van der Waals surface area contributed by atoms with Crippen LogP contribution in [0.5, 0.6) is 0 Å². The lowest BCUT2D eigenvalue weighted by atomic mass is 10.3. The predicted octanol–water partition coefficient (Wildman–Crippen LogP) is 1.01. The fraction of sp³-hybridized carbons (Fsp3) is 0.222. The quantitative estimate of drug-likeness (QED) is 0.647. The van der Waals surface area contributed by atoms with E-state index in [0.29, 0.717) is 0 Å². The summed E-state index contributed by atoms with van der Waals surface area (Å²) in [4.78, 5) is 21.7. The van der Waals surface area contributed by atoms with Gasteiger partial charge in [0.15, 0.2) is 5.82 Å². The number of H-pyrrole nitrogens is 1. The summed E-state index contributed by atoms with van der Waals surface area (Å²) in [7, 11) is 0. The molecular formula is C9H11N3O3. The Morgan fingerprint density at radius 1 is 1.53 bits per heavy atom. The number of amides is 1. The molecule has 0 aliphatic carbocycles. The molecule has 0 aromatic carbocycles. The molecule has 0 saturated heterocycles. The Morgan fingerprint density at radius 2 is 2.20 bits per heavy atom. The molecule has 0 aliphatic heterocycles. The first kappa shape index (κ1) is 11.0. The van der Waals surface area contributed by atoms with Gasteiger partial charge in [-0.1, -0.05) is 5.57 Å². The van der Waals surface area contributed by atoms with Gasteiger partial charge in [0.25, 0.3) is 0 Å². The lowest BCUT2D eigenvalue weighted by Gasteiger charge is -1.95.